The van der Waals surface area contributed by atoms with Crippen LogP contribution in [0.4, 0.5) is 0 Å². The van der Waals surface area contributed by atoms with Gasteiger partial charge in [0, 0.05) is 0 Å². The van der Waals surface area contributed by atoms with Crippen molar-refractivity contribution in [2.75, 3.05) is 0 Å². The van der Waals surface area contributed by atoms with Crippen molar-refractivity contribution in [3.05, 3.63) is 84.3 Å². The highest BCUT2D eigenvalue weighted by molar-refractivity contribution is 5.95. The second kappa shape index (κ2) is 9.24. The summed E-state index contributed by atoms with van der Waals surface area (Å²) in [5, 5.41) is 5.76. The minimum absolute atomic E-state index is 0.0680. The molecule has 0 fully saturated rings. The van der Waals surface area contributed by atoms with Crippen LogP contribution >= 0.6 is 0 Å². The molecular formula is C24H26N2O3. The quantitative estimate of drug-likeness (QED) is 0.620. The van der Waals surface area contributed by atoms with E-state index < -0.39 is 11.9 Å². The van der Waals surface area contributed by atoms with Crippen LogP contribution in [0.2, 0.25) is 0 Å². The number of hydrogen-bond acceptors (Lipinski definition) is 3. The van der Waals surface area contributed by atoms with Crippen LogP contribution in [-0.2, 0) is 4.79 Å². The Kier molecular flexibility index (Phi) is 6.50. The Morgan fingerprint density at radius 3 is 2.03 bits per heavy atom. The molecule has 3 aromatic rings. The summed E-state index contributed by atoms with van der Waals surface area (Å²) in [7, 11) is 0. The zero-order valence-corrected chi connectivity index (χ0v) is 16.9. The van der Waals surface area contributed by atoms with Crippen molar-refractivity contribution in [3.8, 4) is 11.1 Å². The van der Waals surface area contributed by atoms with Crippen molar-refractivity contribution in [1.29, 1.82) is 0 Å². The monoisotopic (exact) mass is 390 g/mol. The van der Waals surface area contributed by atoms with Gasteiger partial charge in [-0.15, -0.1) is 0 Å². The zero-order chi connectivity index (χ0) is 20.8. The number of furan rings is 1. The number of nitrogens with one attached hydrogen (secondary N) is 2. The van der Waals surface area contributed by atoms with Gasteiger partial charge in [0.05, 0.1) is 12.3 Å². The summed E-state index contributed by atoms with van der Waals surface area (Å²) in [5.74, 6) is -0.502. The van der Waals surface area contributed by atoms with Gasteiger partial charge in [-0.2, -0.15) is 0 Å². The molecule has 0 radical (unpaired) electrons. The van der Waals surface area contributed by atoms with Crippen molar-refractivity contribution >= 4 is 11.8 Å². The molecule has 1 heterocycles. The van der Waals surface area contributed by atoms with E-state index in [4.69, 9.17) is 4.42 Å². The molecule has 0 aliphatic carbocycles. The van der Waals surface area contributed by atoms with Crippen molar-refractivity contribution < 1.29 is 14.0 Å². The van der Waals surface area contributed by atoms with Crippen LogP contribution < -0.4 is 10.6 Å². The molecule has 3 rings (SSSR count). The Hall–Kier alpha value is -3.34. The van der Waals surface area contributed by atoms with E-state index in [1.807, 2.05) is 63.2 Å². The summed E-state index contributed by atoms with van der Waals surface area (Å²) >= 11 is 0. The van der Waals surface area contributed by atoms with E-state index in [-0.39, 0.29) is 23.6 Å². The maximum Gasteiger partial charge on any atom is 0.287 e. The fourth-order valence-electron chi connectivity index (χ4n) is 3.14. The molecular weight excluding hydrogens is 364 g/mol. The molecule has 2 amide bonds. The average Bonchev–Trinajstić information content (AvgIpc) is 3.27. The Morgan fingerprint density at radius 2 is 1.45 bits per heavy atom. The first-order valence-electron chi connectivity index (χ1n) is 9.76. The number of rotatable bonds is 7. The van der Waals surface area contributed by atoms with Crippen LogP contribution in [0, 0.1) is 5.92 Å². The van der Waals surface area contributed by atoms with Crippen LogP contribution in [-0.4, -0.2) is 17.9 Å². The molecule has 0 saturated heterocycles. The molecule has 5 heteroatoms. The van der Waals surface area contributed by atoms with E-state index in [9.17, 15) is 9.59 Å². The lowest BCUT2D eigenvalue weighted by Crippen LogP contribution is -2.50. The SMILES string of the molecule is CC(NC(=O)C(NC(=O)c1ccco1)C(C)C)c1ccc(-c2ccccc2)cc1. The van der Waals surface area contributed by atoms with Crippen LogP contribution in [0.1, 0.15) is 42.9 Å². The molecule has 0 spiro atoms. The maximum atomic E-state index is 12.8. The number of benzene rings is 2. The predicted octanol–water partition coefficient (Wildman–Crippen LogP) is 4.58. The fourth-order valence-corrected chi connectivity index (χ4v) is 3.14. The normalized spacial score (nSPS) is 13.0. The second-order valence-electron chi connectivity index (χ2n) is 7.39. The zero-order valence-electron chi connectivity index (χ0n) is 16.9. The van der Waals surface area contributed by atoms with E-state index in [2.05, 4.69) is 22.8 Å². The second-order valence-corrected chi connectivity index (χ2v) is 7.39. The predicted molar refractivity (Wildman–Crippen MR) is 113 cm³/mol. The van der Waals surface area contributed by atoms with Crippen LogP contribution in [0.15, 0.2) is 77.4 Å². The van der Waals surface area contributed by atoms with E-state index in [0.29, 0.717) is 0 Å². The van der Waals surface area contributed by atoms with Crippen LogP contribution in [0.5, 0.6) is 0 Å². The minimum Gasteiger partial charge on any atom is -0.459 e. The highest BCUT2D eigenvalue weighted by atomic mass is 16.3. The summed E-state index contributed by atoms with van der Waals surface area (Å²) in [6, 6.07) is 20.6. The molecule has 29 heavy (non-hydrogen) atoms. The van der Waals surface area contributed by atoms with Gasteiger partial charge in [-0.1, -0.05) is 68.4 Å². The Bertz CT molecular complexity index is 932. The number of hydrogen-bond donors (Lipinski definition) is 2. The van der Waals surface area contributed by atoms with Gasteiger partial charge in [0.15, 0.2) is 5.76 Å². The fraction of sp³-hybridized carbons (Fsp3) is 0.250. The minimum atomic E-state index is -0.654. The van der Waals surface area contributed by atoms with Gasteiger partial charge in [0.1, 0.15) is 6.04 Å². The molecule has 0 saturated carbocycles. The summed E-state index contributed by atoms with van der Waals surface area (Å²) in [5.41, 5.74) is 3.27. The molecule has 0 aliphatic heterocycles. The van der Waals surface area contributed by atoms with Crippen molar-refractivity contribution in [3.63, 3.8) is 0 Å². The van der Waals surface area contributed by atoms with Crippen LogP contribution in [0.3, 0.4) is 0 Å². The summed E-state index contributed by atoms with van der Waals surface area (Å²) in [6.07, 6.45) is 1.43. The van der Waals surface area contributed by atoms with Gasteiger partial charge in [-0.05, 0) is 41.7 Å². The van der Waals surface area contributed by atoms with Gasteiger partial charge in [-0.3, -0.25) is 9.59 Å². The average molecular weight is 390 g/mol. The number of amides is 2. The first kappa shape index (κ1) is 20.4. The summed E-state index contributed by atoms with van der Waals surface area (Å²) in [6.45, 7) is 5.72. The van der Waals surface area contributed by atoms with Crippen molar-refractivity contribution in [2.45, 2.75) is 32.9 Å². The van der Waals surface area contributed by atoms with E-state index in [0.717, 1.165) is 16.7 Å². The van der Waals surface area contributed by atoms with Gasteiger partial charge in [0.25, 0.3) is 5.91 Å². The third kappa shape index (κ3) is 5.13. The molecule has 2 N–H and O–H groups in total. The van der Waals surface area contributed by atoms with Gasteiger partial charge in [-0.25, -0.2) is 0 Å². The molecule has 2 unspecified atom stereocenters. The van der Waals surface area contributed by atoms with Crippen LogP contribution in [0.25, 0.3) is 11.1 Å². The summed E-state index contributed by atoms with van der Waals surface area (Å²) in [4.78, 5) is 25.1. The van der Waals surface area contributed by atoms with E-state index in [1.54, 1.807) is 12.1 Å². The third-order valence-corrected chi connectivity index (χ3v) is 4.86. The lowest BCUT2D eigenvalue weighted by atomic mass is 10.00. The smallest absolute Gasteiger partial charge is 0.287 e. The molecule has 2 aromatic carbocycles. The Labute approximate surface area is 171 Å². The first-order chi connectivity index (χ1) is 14.0. The Balaban J connectivity index is 1.65. The first-order valence-corrected chi connectivity index (χ1v) is 9.76. The molecule has 0 bridgehead atoms. The number of carbonyl (C=O) groups excluding carboxylic acids is 2. The number of carbonyl (C=O) groups is 2. The van der Waals surface area contributed by atoms with E-state index in [1.165, 1.54) is 6.26 Å². The van der Waals surface area contributed by atoms with Crippen molar-refractivity contribution in [2.24, 2.45) is 5.92 Å². The highest BCUT2D eigenvalue weighted by Gasteiger charge is 2.26. The van der Waals surface area contributed by atoms with Crippen molar-refractivity contribution in [1.82, 2.24) is 10.6 Å². The topological polar surface area (TPSA) is 71.3 Å². The molecule has 1 aromatic heterocycles. The highest BCUT2D eigenvalue weighted by Crippen LogP contribution is 2.22. The molecule has 2 atom stereocenters. The lowest BCUT2D eigenvalue weighted by molar-refractivity contribution is -0.124. The van der Waals surface area contributed by atoms with Gasteiger partial charge >= 0.3 is 0 Å². The van der Waals surface area contributed by atoms with E-state index >= 15 is 0 Å². The molecule has 0 aliphatic rings. The standard InChI is InChI=1S/C24H26N2O3/c1-16(2)22(26-23(27)21-10-7-15-29-21)24(28)25-17(3)18-11-13-20(14-12-18)19-8-5-4-6-9-19/h4-17,22H,1-3H3,(H,25,28)(H,26,27). The largest absolute Gasteiger partial charge is 0.459 e. The Morgan fingerprint density at radius 1 is 0.793 bits per heavy atom. The van der Waals surface area contributed by atoms with Gasteiger partial charge in [0.2, 0.25) is 5.91 Å². The van der Waals surface area contributed by atoms with Gasteiger partial charge < -0.3 is 15.1 Å². The third-order valence-electron chi connectivity index (χ3n) is 4.86. The maximum absolute atomic E-state index is 12.8. The summed E-state index contributed by atoms with van der Waals surface area (Å²) < 4.78 is 5.11. The molecule has 150 valence electrons. The lowest BCUT2D eigenvalue weighted by Gasteiger charge is -2.24. The molecule has 5 nitrogen and oxygen atoms in total.